The van der Waals surface area contributed by atoms with Crippen LogP contribution >= 0.6 is 0 Å². The Labute approximate surface area is 186 Å². The summed E-state index contributed by atoms with van der Waals surface area (Å²) in [6.45, 7) is 2.12. The number of allylic oxidation sites excluding steroid dienone is 2. The fourth-order valence-corrected chi connectivity index (χ4v) is 3.23. The molecule has 0 atom stereocenters. The van der Waals surface area contributed by atoms with E-state index in [9.17, 15) is 10.2 Å². The average Bonchev–Trinajstić information content (AvgIpc) is 3.43. The van der Waals surface area contributed by atoms with E-state index in [0.717, 1.165) is 29.0 Å². The maximum atomic E-state index is 9.87. The molecule has 2 nitrogen and oxygen atoms in total. The van der Waals surface area contributed by atoms with Crippen LogP contribution < -0.4 is 0 Å². The van der Waals surface area contributed by atoms with Gasteiger partial charge in [0, 0.05) is 5.92 Å². The molecule has 2 fully saturated rings. The number of phenols is 2. The van der Waals surface area contributed by atoms with Crippen LogP contribution in [-0.4, -0.2) is 10.2 Å². The first-order valence-electron chi connectivity index (χ1n) is 9.39. The molecule has 0 heterocycles. The Hall–Kier alpha value is -1.70. The first-order chi connectivity index (χ1) is 13.7. The van der Waals surface area contributed by atoms with Gasteiger partial charge in [0.15, 0.2) is 0 Å². The summed E-state index contributed by atoms with van der Waals surface area (Å²) < 4.78 is 0. The zero-order valence-electron chi connectivity index (χ0n) is 16.3. The zero-order chi connectivity index (χ0) is 19.8. The second-order valence-corrected chi connectivity index (χ2v) is 6.44. The van der Waals surface area contributed by atoms with Gasteiger partial charge < -0.3 is 10.2 Å². The van der Waals surface area contributed by atoms with Crippen molar-refractivity contribution < 1.29 is 27.3 Å². The van der Waals surface area contributed by atoms with Gasteiger partial charge in [0.1, 0.15) is 11.5 Å². The average molecular weight is 424 g/mol. The van der Waals surface area contributed by atoms with Crippen LogP contribution in [0.25, 0.3) is 11.1 Å². The Bertz CT molecular complexity index is 762. The number of aromatic hydroxyl groups is 2. The van der Waals surface area contributed by atoms with E-state index < -0.39 is 0 Å². The summed E-state index contributed by atoms with van der Waals surface area (Å²) in [6.07, 6.45) is 19.0. The number of benzene rings is 2. The minimum absolute atomic E-state index is 0. The van der Waals surface area contributed by atoms with Gasteiger partial charge in [0.25, 0.3) is 0 Å². The first-order valence-corrected chi connectivity index (χ1v) is 9.39. The molecule has 2 N–H and O–H groups in total. The van der Waals surface area contributed by atoms with Gasteiger partial charge in [-0.25, -0.2) is 0 Å². The summed E-state index contributed by atoms with van der Waals surface area (Å²) in [5.74, 6) is 1.64. The first kappa shape index (κ1) is 23.6. The molecule has 2 aliphatic carbocycles. The van der Waals surface area contributed by atoms with E-state index in [-0.39, 0.29) is 28.6 Å². The Morgan fingerprint density at radius 1 is 0.690 bits per heavy atom. The third-order valence-corrected chi connectivity index (χ3v) is 4.51. The van der Waals surface area contributed by atoms with Gasteiger partial charge in [-0.05, 0) is 111 Å². The van der Waals surface area contributed by atoms with E-state index in [4.69, 9.17) is 0 Å². The minimum Gasteiger partial charge on any atom is -0.508 e. The van der Waals surface area contributed by atoms with E-state index in [1.807, 2.05) is 69.2 Å². The van der Waals surface area contributed by atoms with Gasteiger partial charge in [-0.3, -0.25) is 0 Å². The van der Waals surface area contributed by atoms with Crippen LogP contribution in [0.5, 0.6) is 11.5 Å². The number of hydrogen-bond donors (Lipinski definition) is 2. The van der Waals surface area contributed by atoms with E-state index >= 15 is 0 Å². The fraction of sp³-hybridized carbons (Fsp3) is 0.0769. The molecule has 2 saturated carbocycles. The minimum atomic E-state index is 0. The summed E-state index contributed by atoms with van der Waals surface area (Å²) in [7, 11) is 0. The van der Waals surface area contributed by atoms with Crippen molar-refractivity contribution >= 4 is 11.1 Å². The fourth-order valence-electron chi connectivity index (χ4n) is 3.23. The molecule has 2 aromatic carbocycles. The van der Waals surface area contributed by atoms with Gasteiger partial charge in [0.2, 0.25) is 0 Å². The Morgan fingerprint density at radius 3 is 1.79 bits per heavy atom. The molecule has 0 amide bonds. The van der Waals surface area contributed by atoms with Gasteiger partial charge in [-0.1, -0.05) is 31.2 Å². The van der Waals surface area contributed by atoms with Gasteiger partial charge in [-0.2, -0.15) is 0 Å². The molecular weight excluding hydrogens is 400 g/mol. The second-order valence-electron chi connectivity index (χ2n) is 6.44. The van der Waals surface area contributed by atoms with Gasteiger partial charge >= 0.3 is 17.1 Å². The van der Waals surface area contributed by atoms with Gasteiger partial charge in [-0.15, -0.1) is 0 Å². The van der Waals surface area contributed by atoms with E-state index in [1.165, 1.54) is 5.57 Å². The molecule has 0 saturated heterocycles. The quantitative estimate of drug-likeness (QED) is 0.478. The summed E-state index contributed by atoms with van der Waals surface area (Å²) in [5, 5.41) is 19.4. The van der Waals surface area contributed by atoms with Crippen LogP contribution in [0.2, 0.25) is 0 Å². The van der Waals surface area contributed by atoms with Crippen molar-refractivity contribution in [3.63, 3.8) is 0 Å². The summed E-state index contributed by atoms with van der Waals surface area (Å²) >= 11 is 0. The van der Waals surface area contributed by atoms with Crippen LogP contribution in [0.4, 0.5) is 0 Å². The Kier molecular flexibility index (Phi) is 9.84. The molecule has 2 aliphatic rings. The second kappa shape index (κ2) is 12.1. The van der Waals surface area contributed by atoms with Crippen molar-refractivity contribution in [2.45, 2.75) is 13.3 Å². The van der Waals surface area contributed by atoms with Crippen LogP contribution in [0, 0.1) is 63.7 Å². The maximum absolute atomic E-state index is 9.87. The van der Waals surface area contributed by atoms with E-state index in [1.54, 1.807) is 24.3 Å². The molecule has 0 bridgehead atoms. The molecule has 10 radical (unpaired) electrons. The van der Waals surface area contributed by atoms with Crippen LogP contribution in [0.15, 0.2) is 48.5 Å². The molecule has 4 rings (SSSR count). The van der Waals surface area contributed by atoms with Crippen molar-refractivity contribution in [3.8, 4) is 11.5 Å². The van der Waals surface area contributed by atoms with Gasteiger partial charge in [0.05, 0.1) is 0 Å². The number of hydrogen-bond acceptors (Lipinski definition) is 2. The smallest absolute Gasteiger partial charge is 0.508 e. The largest absolute Gasteiger partial charge is 2.00 e. The molecule has 0 aromatic heterocycles. The van der Waals surface area contributed by atoms with Crippen LogP contribution in [-0.2, 0) is 17.1 Å². The third kappa shape index (κ3) is 6.66. The molecule has 3 heteroatoms. The van der Waals surface area contributed by atoms with Crippen molar-refractivity contribution in [1.82, 2.24) is 0 Å². The Balaban J connectivity index is 0.000000437. The number of rotatable bonds is 4. The summed E-state index contributed by atoms with van der Waals surface area (Å²) in [4.78, 5) is 0. The summed E-state index contributed by atoms with van der Waals surface area (Å²) in [6, 6.07) is 14.6. The molecule has 2 aromatic rings. The van der Waals surface area contributed by atoms with Crippen molar-refractivity contribution in [2.75, 3.05) is 0 Å². The predicted octanol–water partition coefficient (Wildman–Crippen LogP) is 5.84. The third-order valence-electron chi connectivity index (χ3n) is 4.51. The molecule has 29 heavy (non-hydrogen) atoms. The molecule has 0 aliphatic heterocycles. The van der Waals surface area contributed by atoms with E-state index in [0.29, 0.717) is 0 Å². The molecular formula is C26H24FeO2+2. The normalized spacial score (nSPS) is 17.1. The molecule has 0 spiro atoms. The maximum Gasteiger partial charge on any atom is 2.00 e. The topological polar surface area (TPSA) is 40.5 Å². The van der Waals surface area contributed by atoms with Crippen LogP contribution in [0.3, 0.4) is 0 Å². The van der Waals surface area contributed by atoms with Crippen molar-refractivity contribution in [1.29, 1.82) is 0 Å². The number of phenolic OH excluding ortho intramolecular Hbond substituents is 2. The van der Waals surface area contributed by atoms with Crippen molar-refractivity contribution in [2.24, 2.45) is 0 Å². The predicted molar refractivity (Wildman–Crippen MR) is 115 cm³/mol. The van der Waals surface area contributed by atoms with Crippen molar-refractivity contribution in [3.05, 3.63) is 123 Å². The van der Waals surface area contributed by atoms with Crippen LogP contribution in [0.1, 0.15) is 24.5 Å². The van der Waals surface area contributed by atoms with E-state index in [2.05, 4.69) is 19.8 Å². The summed E-state index contributed by atoms with van der Waals surface area (Å²) in [5.41, 5.74) is 4.35. The SMILES string of the molecule is CC/C(=C(/[C]1[CH][CH][CH][CH]1)c1cccc(O)c1)c1ccc(O)cc1.[CH]1[CH][CH][CH][CH]1.[Fe+2]. The zero-order valence-corrected chi connectivity index (χ0v) is 17.4. The molecule has 146 valence electrons. The monoisotopic (exact) mass is 424 g/mol. The Morgan fingerprint density at radius 2 is 1.28 bits per heavy atom. The standard InChI is InChI=1S/C21H19O2.C5H5.Fe/c1-2-20(15-10-12-18(22)13-11-15)21(16-6-3-4-7-16)17-8-5-9-19(23)14-17;1-2-4-5-3-1;/h3-14,22-23H,2H2,1H3;1-5H;/q;;+2/b21-20+;;. The molecule has 0 unspecified atom stereocenters.